The zero-order valence-electron chi connectivity index (χ0n) is 20.9. The van der Waals surface area contributed by atoms with Gasteiger partial charge in [-0.05, 0) is 50.5 Å². The van der Waals surface area contributed by atoms with Crippen molar-refractivity contribution in [3.05, 3.63) is 71.3 Å². The van der Waals surface area contributed by atoms with Crippen molar-refractivity contribution in [1.29, 1.82) is 5.26 Å². The number of halogens is 2. The summed E-state index contributed by atoms with van der Waals surface area (Å²) in [6.07, 6.45) is 2.53. The summed E-state index contributed by atoms with van der Waals surface area (Å²) in [6.45, 7) is 4.46. The molecular formula is C25H29F2N7O2S. The first kappa shape index (κ1) is 27.9. The van der Waals surface area contributed by atoms with E-state index in [-0.39, 0.29) is 29.7 Å². The van der Waals surface area contributed by atoms with E-state index in [0.717, 1.165) is 23.8 Å². The second-order valence-corrected chi connectivity index (χ2v) is 9.35. The summed E-state index contributed by atoms with van der Waals surface area (Å²) >= 11 is 1.17. The molecule has 1 aliphatic heterocycles. The molecule has 12 heteroatoms. The molecule has 2 N–H and O–H groups in total. The molecule has 1 unspecified atom stereocenters. The summed E-state index contributed by atoms with van der Waals surface area (Å²) in [5, 5.41) is 16.0. The van der Waals surface area contributed by atoms with Crippen molar-refractivity contribution >= 4 is 28.8 Å². The van der Waals surface area contributed by atoms with Crippen molar-refractivity contribution in [2.75, 3.05) is 26.7 Å². The van der Waals surface area contributed by atoms with Crippen molar-refractivity contribution < 1.29 is 18.4 Å². The lowest BCUT2D eigenvalue weighted by atomic mass is 10.00. The van der Waals surface area contributed by atoms with Gasteiger partial charge >= 0.3 is 6.03 Å². The van der Waals surface area contributed by atoms with Gasteiger partial charge < -0.3 is 10.6 Å². The maximum atomic E-state index is 14.8. The molecule has 1 aliphatic rings. The minimum atomic E-state index is -1.10. The number of nitrogens with two attached hydrogens (primary N) is 1. The fraction of sp³-hybridized carbons (Fsp3) is 0.360. The number of guanidine groups is 1. The summed E-state index contributed by atoms with van der Waals surface area (Å²) in [6, 6.07) is 11.8. The first-order valence-corrected chi connectivity index (χ1v) is 12.6. The first-order valence-electron chi connectivity index (χ1n) is 11.7. The molecule has 1 heterocycles. The number of aliphatic imine (C=N–C) groups is 1. The molecule has 37 heavy (non-hydrogen) atoms. The number of urea groups is 1. The van der Waals surface area contributed by atoms with Crippen LogP contribution in [0.1, 0.15) is 37.8 Å². The number of amides is 2. The molecule has 2 aromatic rings. The van der Waals surface area contributed by atoms with Crippen LogP contribution in [-0.2, 0) is 9.71 Å². The summed E-state index contributed by atoms with van der Waals surface area (Å²) in [4.78, 5) is 23.3. The molecular weight excluding hydrogens is 500 g/mol. The SMILES string of the molecule is CCON(CC)C(=O)N1N=C(c2cc(F)ccc2F)SC1(CCCN(C)C(N)=NC#N)c1ccccc1. The smallest absolute Gasteiger partial charge is 0.366 e. The van der Waals surface area contributed by atoms with Gasteiger partial charge in [-0.2, -0.15) is 15.4 Å². The Hall–Kier alpha value is -3.69. The zero-order valence-corrected chi connectivity index (χ0v) is 21.7. The largest absolute Gasteiger partial charge is 0.369 e. The van der Waals surface area contributed by atoms with Gasteiger partial charge in [0.1, 0.15) is 21.5 Å². The number of hydrogen-bond acceptors (Lipinski definition) is 6. The molecule has 9 nitrogen and oxygen atoms in total. The normalized spacial score (nSPS) is 17.4. The number of benzene rings is 2. The van der Waals surface area contributed by atoms with Crippen LogP contribution in [0.2, 0.25) is 0 Å². The van der Waals surface area contributed by atoms with Gasteiger partial charge in [-0.15, -0.1) is 4.99 Å². The topological polar surface area (TPSA) is 111 Å². The monoisotopic (exact) mass is 529 g/mol. The molecule has 0 bridgehead atoms. The number of hydrogen-bond donors (Lipinski definition) is 1. The van der Waals surface area contributed by atoms with Crippen LogP contribution in [0.4, 0.5) is 13.6 Å². The average Bonchev–Trinajstić information content (AvgIpc) is 3.29. The van der Waals surface area contributed by atoms with Crippen molar-refractivity contribution in [2.24, 2.45) is 15.8 Å². The van der Waals surface area contributed by atoms with E-state index in [0.29, 0.717) is 19.4 Å². The summed E-state index contributed by atoms with van der Waals surface area (Å²) in [5.41, 5.74) is 6.53. The van der Waals surface area contributed by atoms with Crippen LogP contribution >= 0.6 is 11.8 Å². The third-order valence-corrected chi connectivity index (χ3v) is 7.16. The Labute approximate surface area is 219 Å². The Morgan fingerprint density at radius 1 is 1.27 bits per heavy atom. The van der Waals surface area contributed by atoms with Crippen LogP contribution in [0.3, 0.4) is 0 Å². The van der Waals surface area contributed by atoms with Crippen LogP contribution in [0.5, 0.6) is 0 Å². The van der Waals surface area contributed by atoms with Gasteiger partial charge in [-0.25, -0.2) is 18.6 Å². The van der Waals surface area contributed by atoms with E-state index in [1.807, 2.05) is 30.3 Å². The highest BCUT2D eigenvalue weighted by Gasteiger charge is 2.50. The van der Waals surface area contributed by atoms with E-state index in [2.05, 4.69) is 10.1 Å². The summed E-state index contributed by atoms with van der Waals surface area (Å²) in [5.74, 6) is -1.20. The van der Waals surface area contributed by atoms with Crippen molar-refractivity contribution in [3.63, 3.8) is 0 Å². The van der Waals surface area contributed by atoms with Crippen LogP contribution < -0.4 is 5.73 Å². The van der Waals surface area contributed by atoms with Crippen molar-refractivity contribution in [3.8, 4) is 6.19 Å². The third kappa shape index (κ3) is 6.18. The highest BCUT2D eigenvalue weighted by molar-refractivity contribution is 8.15. The molecule has 1 atom stereocenters. The van der Waals surface area contributed by atoms with Gasteiger partial charge in [0.25, 0.3) is 0 Å². The molecule has 0 radical (unpaired) electrons. The Kier molecular flexibility index (Phi) is 9.43. The molecule has 0 spiro atoms. The summed E-state index contributed by atoms with van der Waals surface area (Å²) in [7, 11) is 1.70. The molecule has 2 amide bonds. The second kappa shape index (κ2) is 12.5. The second-order valence-electron chi connectivity index (χ2n) is 8.08. The predicted octanol–water partition coefficient (Wildman–Crippen LogP) is 4.43. The van der Waals surface area contributed by atoms with E-state index < -0.39 is 22.5 Å². The molecule has 0 aromatic heterocycles. The number of carbonyl (C=O) groups is 1. The highest BCUT2D eigenvalue weighted by Crippen LogP contribution is 2.51. The minimum Gasteiger partial charge on any atom is -0.369 e. The maximum Gasteiger partial charge on any atom is 0.366 e. The highest BCUT2D eigenvalue weighted by atomic mass is 32.2. The van der Waals surface area contributed by atoms with Crippen LogP contribution in [0.15, 0.2) is 58.6 Å². The number of hydroxylamine groups is 2. The van der Waals surface area contributed by atoms with Gasteiger partial charge in [0.15, 0.2) is 0 Å². The Morgan fingerprint density at radius 3 is 2.65 bits per heavy atom. The van der Waals surface area contributed by atoms with Gasteiger partial charge in [-0.1, -0.05) is 42.1 Å². The predicted molar refractivity (Wildman–Crippen MR) is 139 cm³/mol. The zero-order chi connectivity index (χ0) is 27.0. The first-order chi connectivity index (χ1) is 17.8. The van der Waals surface area contributed by atoms with Crippen LogP contribution in [0, 0.1) is 23.1 Å². The van der Waals surface area contributed by atoms with Crippen molar-refractivity contribution in [2.45, 2.75) is 31.6 Å². The molecule has 0 aliphatic carbocycles. The van der Waals surface area contributed by atoms with E-state index in [4.69, 9.17) is 15.8 Å². The van der Waals surface area contributed by atoms with Crippen molar-refractivity contribution in [1.82, 2.24) is 15.0 Å². The average molecular weight is 530 g/mol. The number of hydrazone groups is 1. The minimum absolute atomic E-state index is 0.0393. The van der Waals surface area contributed by atoms with Gasteiger partial charge in [0.2, 0.25) is 12.2 Å². The summed E-state index contributed by atoms with van der Waals surface area (Å²) < 4.78 is 28.9. The fourth-order valence-electron chi connectivity index (χ4n) is 3.89. The molecule has 3 rings (SSSR count). The lowest BCUT2D eigenvalue weighted by Gasteiger charge is -2.38. The van der Waals surface area contributed by atoms with E-state index >= 15 is 0 Å². The Bertz CT molecular complexity index is 1210. The van der Waals surface area contributed by atoms with E-state index in [9.17, 15) is 13.6 Å². The number of rotatable bonds is 9. The maximum absolute atomic E-state index is 14.8. The van der Waals surface area contributed by atoms with Crippen LogP contribution in [-0.4, -0.2) is 58.8 Å². The molecule has 0 fully saturated rings. The Morgan fingerprint density at radius 2 is 2.00 bits per heavy atom. The number of carbonyl (C=O) groups excluding carboxylic acids is 1. The lowest BCUT2D eigenvalue weighted by molar-refractivity contribution is -0.121. The number of thioether (sulfide) groups is 1. The fourth-order valence-corrected chi connectivity index (χ4v) is 5.31. The van der Waals surface area contributed by atoms with Gasteiger partial charge in [0, 0.05) is 25.7 Å². The number of nitrogens with zero attached hydrogens (tertiary/aromatic N) is 6. The molecule has 196 valence electrons. The third-order valence-electron chi connectivity index (χ3n) is 5.71. The lowest BCUT2D eigenvalue weighted by Crippen LogP contribution is -2.48. The molecule has 0 saturated heterocycles. The van der Waals surface area contributed by atoms with Crippen LogP contribution in [0.25, 0.3) is 0 Å². The molecule has 2 aromatic carbocycles. The van der Waals surface area contributed by atoms with Gasteiger partial charge in [-0.3, -0.25) is 4.84 Å². The van der Waals surface area contributed by atoms with E-state index in [1.165, 1.54) is 21.8 Å². The number of nitriles is 1. The Balaban J connectivity index is 2.08. The standard InChI is InChI=1S/C25H29F2N7O2S/c1-4-33(36-5-2)24(35)34-25(18-10-7-6-8-11-18,14-9-15-32(3)23(29)30-17-28)37-22(31-34)20-16-19(26)12-13-21(20)27/h6-8,10-13,16H,4-5,9,14-15H2,1-3H3,(H2,29,30). The van der Waals surface area contributed by atoms with E-state index in [1.54, 1.807) is 32.0 Å². The quantitative estimate of drug-likeness (QED) is 0.223. The van der Waals surface area contributed by atoms with Gasteiger partial charge in [0.05, 0.1) is 6.61 Å². The molecule has 0 saturated carbocycles.